The molecule has 0 amide bonds. The third kappa shape index (κ3) is 2.85. The number of rotatable bonds is 6. The minimum Gasteiger partial charge on any atom is -0.461 e. The van der Waals surface area contributed by atoms with Gasteiger partial charge in [-0.3, -0.25) is 0 Å². The Bertz CT molecular complexity index is 476. The van der Waals surface area contributed by atoms with E-state index in [1.165, 1.54) is 0 Å². The third-order valence-electron chi connectivity index (χ3n) is 3.89. The molecule has 0 radical (unpaired) electrons. The summed E-state index contributed by atoms with van der Waals surface area (Å²) in [5.74, 6) is 0.0756. The summed E-state index contributed by atoms with van der Waals surface area (Å²) in [7, 11) is 0. The largest absolute Gasteiger partial charge is 0.461 e. The molecule has 1 saturated heterocycles. The second-order valence-electron chi connectivity index (χ2n) is 5.46. The highest BCUT2D eigenvalue weighted by atomic mass is 16.5. The van der Waals surface area contributed by atoms with Gasteiger partial charge in [-0.2, -0.15) is 0 Å². The van der Waals surface area contributed by atoms with Crippen molar-refractivity contribution < 1.29 is 14.3 Å². The van der Waals surface area contributed by atoms with E-state index < -0.39 is 0 Å². The Balaban J connectivity index is 1.71. The Labute approximate surface area is 118 Å². The summed E-state index contributed by atoms with van der Waals surface area (Å²) in [6.45, 7) is 3.80. The summed E-state index contributed by atoms with van der Waals surface area (Å²) in [4.78, 5) is 11.9. The Morgan fingerprint density at radius 3 is 2.95 bits per heavy atom. The third-order valence-corrected chi connectivity index (χ3v) is 3.89. The van der Waals surface area contributed by atoms with Crippen molar-refractivity contribution in [1.29, 1.82) is 0 Å². The summed E-state index contributed by atoms with van der Waals surface area (Å²) >= 11 is 0. The number of aryl methyl sites for hydroxylation is 1. The molecule has 0 N–H and O–H groups in total. The van der Waals surface area contributed by atoms with Crippen molar-refractivity contribution in [2.24, 2.45) is 0 Å². The molecule has 1 aliphatic heterocycles. The van der Waals surface area contributed by atoms with Gasteiger partial charge in [0.05, 0.1) is 18.4 Å². The lowest BCUT2D eigenvalue weighted by Crippen LogP contribution is -2.14. The Morgan fingerprint density at radius 2 is 2.30 bits per heavy atom. The first kappa shape index (κ1) is 13.5. The number of carbonyl (C=O) groups excluding carboxylic acids is 1. The van der Waals surface area contributed by atoms with Gasteiger partial charge in [0.2, 0.25) is 0 Å². The standard InChI is InChI=1S/C14H21N3O3/c1-2-19-14(18)12-13(10-5-6-10)17(16-15-12)8-7-11-4-3-9-20-11/h10-11H,2-9H2,1H3. The molecule has 20 heavy (non-hydrogen) atoms. The summed E-state index contributed by atoms with van der Waals surface area (Å²) in [6.07, 6.45) is 5.76. The first-order valence-electron chi connectivity index (χ1n) is 7.51. The molecule has 1 aromatic rings. The highest BCUT2D eigenvalue weighted by Gasteiger charge is 2.34. The zero-order chi connectivity index (χ0) is 13.9. The molecule has 2 aliphatic rings. The molecule has 0 bridgehead atoms. The van der Waals surface area contributed by atoms with E-state index in [-0.39, 0.29) is 5.97 Å². The van der Waals surface area contributed by atoms with Crippen LogP contribution in [0.2, 0.25) is 0 Å². The summed E-state index contributed by atoms with van der Waals surface area (Å²) in [5, 5.41) is 8.19. The van der Waals surface area contributed by atoms with Crippen molar-refractivity contribution >= 4 is 5.97 Å². The van der Waals surface area contributed by atoms with Crippen LogP contribution >= 0.6 is 0 Å². The molecule has 6 heteroatoms. The van der Waals surface area contributed by atoms with E-state index in [1.54, 1.807) is 6.92 Å². The smallest absolute Gasteiger partial charge is 0.360 e. The van der Waals surface area contributed by atoms with Crippen LogP contribution in [0, 0.1) is 0 Å². The van der Waals surface area contributed by atoms with Crippen molar-refractivity contribution in [3.8, 4) is 0 Å². The van der Waals surface area contributed by atoms with Gasteiger partial charge < -0.3 is 9.47 Å². The second-order valence-corrected chi connectivity index (χ2v) is 5.46. The molecular formula is C14H21N3O3. The first-order valence-corrected chi connectivity index (χ1v) is 7.51. The monoisotopic (exact) mass is 279 g/mol. The summed E-state index contributed by atoms with van der Waals surface area (Å²) in [5.41, 5.74) is 1.36. The molecule has 110 valence electrons. The van der Waals surface area contributed by atoms with Crippen LogP contribution in [0.25, 0.3) is 0 Å². The Morgan fingerprint density at radius 1 is 1.45 bits per heavy atom. The maximum absolute atomic E-state index is 11.9. The molecule has 0 aromatic carbocycles. The van der Waals surface area contributed by atoms with Crippen LogP contribution in [-0.2, 0) is 16.0 Å². The zero-order valence-electron chi connectivity index (χ0n) is 11.9. The minimum absolute atomic E-state index is 0.331. The lowest BCUT2D eigenvalue weighted by Gasteiger charge is -2.11. The quantitative estimate of drug-likeness (QED) is 0.744. The SMILES string of the molecule is CCOC(=O)c1nnn(CCC2CCCO2)c1C1CC1. The van der Waals surface area contributed by atoms with Crippen LogP contribution in [0.4, 0.5) is 0 Å². The van der Waals surface area contributed by atoms with Crippen LogP contribution in [0.3, 0.4) is 0 Å². The maximum atomic E-state index is 11.9. The number of aromatic nitrogens is 3. The molecule has 1 unspecified atom stereocenters. The number of esters is 1. The van der Waals surface area contributed by atoms with E-state index in [4.69, 9.17) is 9.47 Å². The topological polar surface area (TPSA) is 66.2 Å². The van der Waals surface area contributed by atoms with Gasteiger partial charge in [-0.1, -0.05) is 5.21 Å². The van der Waals surface area contributed by atoms with Crippen molar-refractivity contribution in [2.45, 2.75) is 57.6 Å². The zero-order valence-corrected chi connectivity index (χ0v) is 11.9. The van der Waals surface area contributed by atoms with Gasteiger partial charge in [0, 0.05) is 19.1 Å². The second kappa shape index (κ2) is 5.91. The minimum atomic E-state index is -0.349. The van der Waals surface area contributed by atoms with Crippen LogP contribution in [0.5, 0.6) is 0 Å². The highest BCUT2D eigenvalue weighted by molar-refractivity contribution is 5.88. The molecule has 1 aromatic heterocycles. The molecular weight excluding hydrogens is 258 g/mol. The number of carbonyl (C=O) groups is 1. The van der Waals surface area contributed by atoms with Crippen molar-refractivity contribution in [1.82, 2.24) is 15.0 Å². The summed E-state index contributed by atoms with van der Waals surface area (Å²) < 4.78 is 12.6. The average Bonchev–Trinajstić information content (AvgIpc) is 3.00. The highest BCUT2D eigenvalue weighted by Crippen LogP contribution is 2.41. The number of nitrogens with zero attached hydrogens (tertiary/aromatic N) is 3. The van der Waals surface area contributed by atoms with Gasteiger partial charge in [-0.15, -0.1) is 5.10 Å². The number of ether oxygens (including phenoxy) is 2. The fraction of sp³-hybridized carbons (Fsp3) is 0.786. The van der Waals surface area contributed by atoms with Gasteiger partial charge in [-0.25, -0.2) is 9.48 Å². The van der Waals surface area contributed by atoms with Crippen molar-refractivity contribution in [3.05, 3.63) is 11.4 Å². The van der Waals surface area contributed by atoms with Gasteiger partial charge >= 0.3 is 5.97 Å². The van der Waals surface area contributed by atoms with E-state index in [0.29, 0.717) is 24.3 Å². The van der Waals surface area contributed by atoms with E-state index in [2.05, 4.69) is 10.3 Å². The molecule has 2 heterocycles. The van der Waals surface area contributed by atoms with Crippen molar-refractivity contribution in [3.63, 3.8) is 0 Å². The van der Waals surface area contributed by atoms with Gasteiger partial charge in [0.15, 0.2) is 5.69 Å². The molecule has 0 spiro atoms. The average molecular weight is 279 g/mol. The van der Waals surface area contributed by atoms with Crippen LogP contribution in [0.1, 0.15) is 61.1 Å². The predicted molar refractivity (Wildman–Crippen MR) is 71.5 cm³/mol. The lowest BCUT2D eigenvalue weighted by atomic mass is 10.1. The maximum Gasteiger partial charge on any atom is 0.360 e. The van der Waals surface area contributed by atoms with E-state index in [1.807, 2.05) is 4.68 Å². The summed E-state index contributed by atoms with van der Waals surface area (Å²) in [6, 6.07) is 0. The molecule has 6 nitrogen and oxygen atoms in total. The fourth-order valence-corrected chi connectivity index (χ4v) is 2.73. The van der Waals surface area contributed by atoms with Gasteiger partial charge in [-0.05, 0) is 39.0 Å². The molecule has 3 rings (SSSR count). The van der Waals surface area contributed by atoms with Crippen LogP contribution in [0.15, 0.2) is 0 Å². The van der Waals surface area contributed by atoms with Gasteiger partial charge in [0.25, 0.3) is 0 Å². The van der Waals surface area contributed by atoms with Gasteiger partial charge in [0.1, 0.15) is 0 Å². The molecule has 2 fully saturated rings. The van der Waals surface area contributed by atoms with E-state index in [9.17, 15) is 4.79 Å². The molecule has 1 saturated carbocycles. The molecule has 1 atom stereocenters. The predicted octanol–water partition coefficient (Wildman–Crippen LogP) is 1.90. The Kier molecular flexibility index (Phi) is 4.00. The van der Waals surface area contributed by atoms with Crippen molar-refractivity contribution in [2.75, 3.05) is 13.2 Å². The first-order chi connectivity index (χ1) is 9.79. The fourth-order valence-electron chi connectivity index (χ4n) is 2.73. The van der Waals surface area contributed by atoms with Crippen LogP contribution < -0.4 is 0 Å². The molecule has 1 aliphatic carbocycles. The van der Waals surface area contributed by atoms with E-state index in [0.717, 1.165) is 50.9 Å². The van der Waals surface area contributed by atoms with E-state index >= 15 is 0 Å². The number of hydrogen-bond donors (Lipinski definition) is 0. The normalized spacial score (nSPS) is 22.1. The number of hydrogen-bond acceptors (Lipinski definition) is 5. The Hall–Kier alpha value is -1.43. The van der Waals surface area contributed by atoms with Crippen LogP contribution in [-0.4, -0.2) is 40.3 Å². The lowest BCUT2D eigenvalue weighted by molar-refractivity contribution is 0.0518.